The van der Waals surface area contributed by atoms with Gasteiger partial charge in [-0.2, -0.15) is 0 Å². The molecule has 1 aromatic heterocycles. The number of pyridine rings is 1. The Labute approximate surface area is 137 Å². The van der Waals surface area contributed by atoms with Crippen LogP contribution in [0.4, 0.5) is 0 Å². The smallest absolute Gasteiger partial charge is 0.268 e. The number of halogens is 2. The van der Waals surface area contributed by atoms with E-state index in [1.165, 1.54) is 29.8 Å². The van der Waals surface area contributed by atoms with Gasteiger partial charge in [0, 0.05) is 35.3 Å². The normalized spacial score (nSPS) is 12.0. The van der Waals surface area contributed by atoms with Crippen molar-refractivity contribution in [1.82, 2.24) is 9.88 Å². The van der Waals surface area contributed by atoms with Gasteiger partial charge in [-0.1, -0.05) is 35.3 Å². The molecule has 116 valence electrons. The van der Waals surface area contributed by atoms with E-state index in [0.29, 0.717) is 15.6 Å². The maximum Gasteiger partial charge on any atom is 0.268 e. The van der Waals surface area contributed by atoms with Crippen molar-refractivity contribution in [2.75, 3.05) is 6.54 Å². The van der Waals surface area contributed by atoms with Crippen LogP contribution in [0.5, 0.6) is 0 Å². The van der Waals surface area contributed by atoms with Gasteiger partial charge in [0.2, 0.25) is 0 Å². The first kappa shape index (κ1) is 16.5. The number of aromatic nitrogens is 1. The summed E-state index contributed by atoms with van der Waals surface area (Å²) in [7, 11) is 1.50. The molecule has 1 atom stereocenters. The molecule has 0 radical (unpaired) electrons. The minimum absolute atomic E-state index is 0.0780. The third-order valence-corrected chi connectivity index (χ3v) is 3.87. The number of hydrogen-bond donors (Lipinski definition) is 2. The summed E-state index contributed by atoms with van der Waals surface area (Å²) in [5.41, 5.74) is 0.264. The third-order valence-electron chi connectivity index (χ3n) is 3.21. The van der Waals surface area contributed by atoms with Crippen molar-refractivity contribution in [2.24, 2.45) is 7.05 Å². The van der Waals surface area contributed by atoms with Crippen LogP contribution in [0.3, 0.4) is 0 Å². The van der Waals surface area contributed by atoms with Crippen molar-refractivity contribution in [3.8, 4) is 0 Å². The largest absolute Gasteiger partial charge is 0.386 e. The van der Waals surface area contributed by atoms with Gasteiger partial charge in [-0.15, -0.1) is 0 Å². The van der Waals surface area contributed by atoms with Crippen LogP contribution in [0.15, 0.2) is 41.2 Å². The lowest BCUT2D eigenvalue weighted by Crippen LogP contribution is -2.33. The van der Waals surface area contributed by atoms with Crippen LogP contribution in [0.2, 0.25) is 10.0 Å². The van der Waals surface area contributed by atoms with Crippen molar-refractivity contribution in [3.05, 3.63) is 68.1 Å². The van der Waals surface area contributed by atoms with Crippen LogP contribution < -0.4 is 10.9 Å². The third kappa shape index (κ3) is 3.50. The number of carbonyl (C=O) groups excluding carboxylic acids is 1. The van der Waals surface area contributed by atoms with E-state index in [1.54, 1.807) is 18.2 Å². The Morgan fingerprint density at radius 3 is 2.45 bits per heavy atom. The van der Waals surface area contributed by atoms with Gasteiger partial charge in [0.15, 0.2) is 0 Å². The van der Waals surface area contributed by atoms with Gasteiger partial charge in [0.1, 0.15) is 5.69 Å². The summed E-state index contributed by atoms with van der Waals surface area (Å²) < 4.78 is 1.23. The Hall–Kier alpha value is -1.82. The van der Waals surface area contributed by atoms with Crippen LogP contribution in [-0.2, 0) is 7.05 Å². The van der Waals surface area contributed by atoms with E-state index >= 15 is 0 Å². The fraction of sp³-hybridized carbons (Fsp3) is 0.200. The molecular weight excluding hydrogens is 327 g/mol. The summed E-state index contributed by atoms with van der Waals surface area (Å²) >= 11 is 12.0. The van der Waals surface area contributed by atoms with Gasteiger partial charge < -0.3 is 15.0 Å². The van der Waals surface area contributed by atoms with E-state index in [-0.39, 0.29) is 17.8 Å². The summed E-state index contributed by atoms with van der Waals surface area (Å²) in [6, 6.07) is 9.25. The molecule has 7 heteroatoms. The molecule has 1 amide bonds. The Kier molecular flexibility index (Phi) is 5.24. The predicted octanol–water partition coefficient (Wildman–Crippen LogP) is 2.16. The van der Waals surface area contributed by atoms with Crippen molar-refractivity contribution >= 4 is 29.1 Å². The number of aliphatic hydroxyl groups excluding tert-OH is 1. The molecule has 2 rings (SSSR count). The molecular formula is C15H14Cl2N2O3. The fourth-order valence-corrected chi connectivity index (χ4v) is 2.65. The Morgan fingerprint density at radius 1 is 1.23 bits per heavy atom. The molecule has 0 aliphatic carbocycles. The lowest BCUT2D eigenvalue weighted by molar-refractivity contribution is 0.0907. The number of aliphatic hydroxyl groups is 1. The highest BCUT2D eigenvalue weighted by Crippen LogP contribution is 2.29. The molecule has 0 aliphatic rings. The number of nitrogens with zero attached hydrogens (tertiary/aromatic N) is 1. The second-order valence-corrected chi connectivity index (χ2v) is 5.48. The minimum Gasteiger partial charge on any atom is -0.386 e. The Morgan fingerprint density at radius 2 is 1.82 bits per heavy atom. The van der Waals surface area contributed by atoms with E-state index in [4.69, 9.17) is 23.2 Å². The second kappa shape index (κ2) is 6.96. The number of nitrogens with one attached hydrogen (secondary N) is 1. The quantitative estimate of drug-likeness (QED) is 0.895. The molecule has 0 aliphatic heterocycles. The maximum atomic E-state index is 12.1. The molecule has 0 fully saturated rings. The first-order valence-corrected chi connectivity index (χ1v) is 7.23. The highest BCUT2D eigenvalue weighted by atomic mass is 35.5. The monoisotopic (exact) mass is 340 g/mol. The number of rotatable bonds is 4. The van der Waals surface area contributed by atoms with Gasteiger partial charge in [0.25, 0.3) is 11.5 Å². The zero-order valence-corrected chi connectivity index (χ0v) is 13.2. The van der Waals surface area contributed by atoms with Crippen LogP contribution >= 0.6 is 23.2 Å². The minimum atomic E-state index is -1.05. The standard InChI is InChI=1S/C15H14Cl2N2O3/c1-19-11(6-3-7-13(19)21)15(22)18-8-12(20)14-9(16)4-2-5-10(14)17/h2-7,12,20H,8H2,1H3,(H,18,22). The molecule has 5 nitrogen and oxygen atoms in total. The Balaban J connectivity index is 2.11. The molecule has 2 aromatic rings. The summed E-state index contributed by atoms with van der Waals surface area (Å²) in [6.07, 6.45) is -1.05. The Bertz CT molecular complexity index is 738. The van der Waals surface area contributed by atoms with E-state index in [2.05, 4.69) is 5.32 Å². The van der Waals surface area contributed by atoms with E-state index in [9.17, 15) is 14.7 Å². The highest BCUT2D eigenvalue weighted by molar-refractivity contribution is 6.36. The summed E-state index contributed by atoms with van der Waals surface area (Å²) in [5.74, 6) is -0.470. The molecule has 0 saturated carbocycles. The van der Waals surface area contributed by atoms with Gasteiger partial charge >= 0.3 is 0 Å². The molecule has 1 unspecified atom stereocenters. The van der Waals surface area contributed by atoms with Crippen LogP contribution in [0.25, 0.3) is 0 Å². The molecule has 1 aromatic carbocycles. The lowest BCUT2D eigenvalue weighted by Gasteiger charge is -2.15. The molecule has 0 spiro atoms. The van der Waals surface area contributed by atoms with Crippen molar-refractivity contribution in [3.63, 3.8) is 0 Å². The van der Waals surface area contributed by atoms with E-state index in [1.807, 2.05) is 0 Å². The summed E-state index contributed by atoms with van der Waals surface area (Å²) in [4.78, 5) is 23.6. The van der Waals surface area contributed by atoms with Crippen LogP contribution in [0, 0.1) is 0 Å². The second-order valence-electron chi connectivity index (χ2n) is 4.67. The van der Waals surface area contributed by atoms with Gasteiger partial charge in [-0.3, -0.25) is 9.59 Å². The predicted molar refractivity (Wildman–Crippen MR) is 85.4 cm³/mol. The number of carbonyl (C=O) groups is 1. The average Bonchev–Trinajstić information content (AvgIpc) is 2.47. The van der Waals surface area contributed by atoms with Crippen LogP contribution in [0.1, 0.15) is 22.2 Å². The number of amides is 1. The number of benzene rings is 1. The fourth-order valence-electron chi connectivity index (χ4n) is 2.00. The molecule has 1 heterocycles. The topological polar surface area (TPSA) is 71.3 Å². The first-order chi connectivity index (χ1) is 10.4. The first-order valence-electron chi connectivity index (χ1n) is 6.48. The zero-order chi connectivity index (χ0) is 16.3. The zero-order valence-electron chi connectivity index (χ0n) is 11.7. The van der Waals surface area contributed by atoms with Gasteiger partial charge in [-0.05, 0) is 18.2 Å². The van der Waals surface area contributed by atoms with Crippen molar-refractivity contribution in [1.29, 1.82) is 0 Å². The average molecular weight is 341 g/mol. The van der Waals surface area contributed by atoms with Crippen molar-refractivity contribution < 1.29 is 9.90 Å². The molecule has 2 N–H and O–H groups in total. The summed E-state index contributed by atoms with van der Waals surface area (Å²) in [5, 5.41) is 13.3. The van der Waals surface area contributed by atoms with E-state index < -0.39 is 12.0 Å². The van der Waals surface area contributed by atoms with Gasteiger partial charge in [0.05, 0.1) is 6.10 Å². The highest BCUT2D eigenvalue weighted by Gasteiger charge is 2.17. The van der Waals surface area contributed by atoms with Crippen LogP contribution in [-0.4, -0.2) is 22.1 Å². The van der Waals surface area contributed by atoms with Crippen molar-refractivity contribution in [2.45, 2.75) is 6.10 Å². The molecule has 0 bridgehead atoms. The lowest BCUT2D eigenvalue weighted by atomic mass is 10.1. The SMILES string of the molecule is Cn1c(C(=O)NCC(O)c2c(Cl)cccc2Cl)cccc1=O. The van der Waals surface area contributed by atoms with E-state index in [0.717, 1.165) is 0 Å². The summed E-state index contributed by atoms with van der Waals surface area (Å²) in [6.45, 7) is -0.0780. The molecule has 22 heavy (non-hydrogen) atoms. The van der Waals surface area contributed by atoms with Gasteiger partial charge in [-0.25, -0.2) is 0 Å². The number of hydrogen-bond acceptors (Lipinski definition) is 3. The maximum absolute atomic E-state index is 12.1. The molecule has 0 saturated heterocycles.